The van der Waals surface area contributed by atoms with Crippen LogP contribution in [0.15, 0.2) is 59.5 Å². The van der Waals surface area contributed by atoms with Gasteiger partial charge >= 0.3 is 0 Å². The van der Waals surface area contributed by atoms with Crippen molar-refractivity contribution in [3.63, 3.8) is 0 Å². The van der Waals surface area contributed by atoms with E-state index in [0.29, 0.717) is 19.6 Å². The third-order valence-corrected chi connectivity index (χ3v) is 6.28. The van der Waals surface area contributed by atoms with E-state index < -0.39 is 10.0 Å². The summed E-state index contributed by atoms with van der Waals surface area (Å²) in [6, 6.07) is 17.7. The van der Waals surface area contributed by atoms with E-state index in [1.54, 1.807) is 18.2 Å². The van der Waals surface area contributed by atoms with Gasteiger partial charge in [-0.1, -0.05) is 42.5 Å². The Labute approximate surface area is 142 Å². The minimum atomic E-state index is -3.74. The minimum absolute atomic E-state index is 0.0815. The van der Waals surface area contributed by atoms with Gasteiger partial charge in [0, 0.05) is 19.6 Å². The summed E-state index contributed by atoms with van der Waals surface area (Å²) in [5.74, 6) is 0. The molecule has 0 N–H and O–H groups in total. The Morgan fingerprint density at radius 3 is 2.42 bits per heavy atom. The topological polar surface area (TPSA) is 64.4 Å². The molecule has 124 valence electrons. The first-order valence-corrected chi connectivity index (χ1v) is 9.22. The van der Waals surface area contributed by atoms with Gasteiger partial charge in [-0.25, -0.2) is 8.42 Å². The molecule has 1 saturated heterocycles. The predicted molar refractivity (Wildman–Crippen MR) is 91.7 cm³/mol. The highest BCUT2D eigenvalue weighted by molar-refractivity contribution is 7.89. The van der Waals surface area contributed by atoms with Crippen molar-refractivity contribution >= 4 is 10.0 Å². The minimum Gasteiger partial charge on any atom is -0.303 e. The molecular formula is C18H19N3O2S. The normalized spacial score (nSPS) is 19.8. The number of rotatable bonds is 3. The summed E-state index contributed by atoms with van der Waals surface area (Å²) in [4.78, 5) is 2.21. The number of likely N-dealkylation sites (N-methyl/N-ethyl adjacent to an activating group) is 1. The number of hydrogen-bond acceptors (Lipinski definition) is 4. The number of benzene rings is 2. The second kappa shape index (κ2) is 6.73. The first-order chi connectivity index (χ1) is 11.5. The highest BCUT2D eigenvalue weighted by Gasteiger charge is 2.37. The molecule has 24 heavy (non-hydrogen) atoms. The molecule has 5 nitrogen and oxygen atoms in total. The summed E-state index contributed by atoms with van der Waals surface area (Å²) in [6.07, 6.45) is 0. The number of nitriles is 1. The van der Waals surface area contributed by atoms with Gasteiger partial charge in [0.25, 0.3) is 0 Å². The molecule has 2 aromatic carbocycles. The molecule has 2 aromatic rings. The molecule has 0 amide bonds. The molecule has 0 aliphatic carbocycles. The first-order valence-electron chi connectivity index (χ1n) is 7.78. The fraction of sp³-hybridized carbons (Fsp3) is 0.278. The molecule has 6 heteroatoms. The smallest absolute Gasteiger partial charge is 0.245 e. The number of hydrogen-bond donors (Lipinski definition) is 0. The van der Waals surface area contributed by atoms with Gasteiger partial charge in [-0.3, -0.25) is 0 Å². The lowest BCUT2D eigenvalue weighted by Crippen LogP contribution is -2.49. The molecule has 0 spiro atoms. The van der Waals surface area contributed by atoms with Crippen molar-refractivity contribution in [3.05, 3.63) is 65.7 Å². The van der Waals surface area contributed by atoms with Crippen LogP contribution < -0.4 is 0 Å². The van der Waals surface area contributed by atoms with Gasteiger partial charge in [-0.2, -0.15) is 9.57 Å². The van der Waals surface area contributed by atoms with Crippen molar-refractivity contribution in [1.29, 1.82) is 5.26 Å². The van der Waals surface area contributed by atoms with E-state index in [2.05, 4.69) is 4.90 Å². The molecule has 1 aliphatic heterocycles. The van der Waals surface area contributed by atoms with Crippen LogP contribution in [0.3, 0.4) is 0 Å². The molecule has 0 aromatic heterocycles. The van der Waals surface area contributed by atoms with Gasteiger partial charge in [0.05, 0.1) is 16.5 Å². The molecule has 3 rings (SSSR count). The molecule has 0 unspecified atom stereocenters. The van der Waals surface area contributed by atoms with Crippen LogP contribution in [0.2, 0.25) is 0 Å². The standard InChI is InChI=1S/C18H19N3O2S/c1-20-11-12-21(17(14-20)15-7-3-2-4-8-15)24(22,23)18-10-6-5-9-16(18)13-19/h2-10,17H,11-12,14H2,1H3/t17-/m1/s1. The van der Waals surface area contributed by atoms with E-state index in [4.69, 9.17) is 0 Å². The lowest BCUT2D eigenvalue weighted by atomic mass is 10.1. The number of piperazine rings is 1. The zero-order valence-corrected chi connectivity index (χ0v) is 14.3. The Morgan fingerprint density at radius 1 is 1.04 bits per heavy atom. The molecule has 0 saturated carbocycles. The molecule has 0 bridgehead atoms. The quantitative estimate of drug-likeness (QED) is 0.859. The zero-order chi connectivity index (χ0) is 17.2. The Balaban J connectivity index is 2.06. The van der Waals surface area contributed by atoms with Crippen molar-refractivity contribution in [2.24, 2.45) is 0 Å². The third kappa shape index (κ3) is 3.06. The fourth-order valence-corrected chi connectivity index (χ4v) is 4.79. The van der Waals surface area contributed by atoms with Crippen molar-refractivity contribution in [2.75, 3.05) is 26.7 Å². The molecule has 1 fully saturated rings. The van der Waals surface area contributed by atoms with Crippen LogP contribution in [0, 0.1) is 11.3 Å². The summed E-state index contributed by atoms with van der Waals surface area (Å²) in [5.41, 5.74) is 1.14. The van der Waals surface area contributed by atoms with Crippen LogP contribution in [0.4, 0.5) is 0 Å². The number of sulfonamides is 1. The maximum Gasteiger partial charge on any atom is 0.245 e. The predicted octanol–water partition coefficient (Wildman–Crippen LogP) is 2.24. The van der Waals surface area contributed by atoms with Crippen LogP contribution in [0.25, 0.3) is 0 Å². The number of nitrogens with zero attached hydrogens (tertiary/aromatic N) is 3. The van der Waals surface area contributed by atoms with E-state index in [-0.39, 0.29) is 16.5 Å². The van der Waals surface area contributed by atoms with Crippen molar-refractivity contribution in [3.8, 4) is 6.07 Å². The van der Waals surface area contributed by atoms with Crippen LogP contribution in [0.1, 0.15) is 17.2 Å². The van der Waals surface area contributed by atoms with Crippen molar-refractivity contribution < 1.29 is 8.42 Å². The lowest BCUT2D eigenvalue weighted by Gasteiger charge is -2.39. The van der Waals surface area contributed by atoms with Gasteiger partial charge in [0.15, 0.2) is 0 Å². The highest BCUT2D eigenvalue weighted by atomic mass is 32.2. The third-order valence-electron chi connectivity index (χ3n) is 4.31. The average Bonchev–Trinajstić information content (AvgIpc) is 2.62. The van der Waals surface area contributed by atoms with Crippen LogP contribution >= 0.6 is 0 Å². The summed E-state index contributed by atoms with van der Waals surface area (Å²) in [5, 5.41) is 9.26. The van der Waals surface area contributed by atoms with Gasteiger partial charge in [0.2, 0.25) is 10.0 Å². The van der Waals surface area contributed by atoms with Crippen LogP contribution in [0.5, 0.6) is 0 Å². The molecule has 0 radical (unpaired) electrons. The van der Waals surface area contributed by atoms with E-state index in [1.165, 1.54) is 10.4 Å². The molecule has 1 heterocycles. The fourth-order valence-electron chi connectivity index (χ4n) is 3.05. The maximum absolute atomic E-state index is 13.2. The first kappa shape index (κ1) is 16.7. The molecule has 1 atom stereocenters. The summed E-state index contributed by atoms with van der Waals surface area (Å²) >= 11 is 0. The average molecular weight is 341 g/mol. The monoisotopic (exact) mass is 341 g/mol. The SMILES string of the molecule is CN1CCN(S(=O)(=O)c2ccccc2C#N)[C@@H](c2ccccc2)C1. The van der Waals surface area contributed by atoms with E-state index in [9.17, 15) is 13.7 Å². The summed E-state index contributed by atoms with van der Waals surface area (Å²) < 4.78 is 28.0. The van der Waals surface area contributed by atoms with Gasteiger partial charge in [-0.15, -0.1) is 0 Å². The summed E-state index contributed by atoms with van der Waals surface area (Å²) in [7, 11) is -1.75. The highest BCUT2D eigenvalue weighted by Crippen LogP contribution is 2.31. The zero-order valence-electron chi connectivity index (χ0n) is 13.5. The Morgan fingerprint density at radius 2 is 1.71 bits per heavy atom. The Bertz CT molecular complexity index is 859. The van der Waals surface area contributed by atoms with Gasteiger partial charge in [-0.05, 0) is 24.7 Å². The summed E-state index contributed by atoms with van der Waals surface area (Å²) in [6.45, 7) is 1.69. The van der Waals surface area contributed by atoms with E-state index >= 15 is 0 Å². The molecular weight excluding hydrogens is 322 g/mol. The second-order valence-electron chi connectivity index (χ2n) is 5.91. The Hall–Kier alpha value is -2.20. The molecule has 1 aliphatic rings. The van der Waals surface area contributed by atoms with E-state index in [1.807, 2.05) is 43.4 Å². The van der Waals surface area contributed by atoms with E-state index in [0.717, 1.165) is 5.56 Å². The largest absolute Gasteiger partial charge is 0.303 e. The van der Waals surface area contributed by atoms with Gasteiger partial charge < -0.3 is 4.90 Å². The van der Waals surface area contributed by atoms with Crippen LogP contribution in [-0.4, -0.2) is 44.3 Å². The van der Waals surface area contributed by atoms with Crippen LogP contribution in [-0.2, 0) is 10.0 Å². The Kier molecular flexibility index (Phi) is 4.67. The van der Waals surface area contributed by atoms with Crippen molar-refractivity contribution in [1.82, 2.24) is 9.21 Å². The van der Waals surface area contributed by atoms with Gasteiger partial charge in [0.1, 0.15) is 6.07 Å². The maximum atomic E-state index is 13.2. The van der Waals surface area contributed by atoms with Crippen molar-refractivity contribution in [2.45, 2.75) is 10.9 Å². The lowest BCUT2D eigenvalue weighted by molar-refractivity contribution is 0.160. The second-order valence-corrected chi connectivity index (χ2v) is 7.77.